The van der Waals surface area contributed by atoms with Crippen molar-refractivity contribution in [2.45, 2.75) is 19.4 Å². The molecule has 0 fully saturated rings. The van der Waals surface area contributed by atoms with Gasteiger partial charge < -0.3 is 20.1 Å². The van der Waals surface area contributed by atoms with Gasteiger partial charge in [0.1, 0.15) is 0 Å². The predicted octanol–water partition coefficient (Wildman–Crippen LogP) is -0.366. The minimum absolute atomic E-state index is 0. The van der Waals surface area contributed by atoms with Crippen molar-refractivity contribution in [3.8, 4) is 11.1 Å². The maximum atomic E-state index is 13.1. The zero-order valence-electron chi connectivity index (χ0n) is 18.8. The monoisotopic (exact) mass is 511 g/mol. The number of urea groups is 1. The number of nitrogens with one attached hydrogen (secondary N) is 1. The first-order valence-corrected chi connectivity index (χ1v) is 10.7. The number of halogens is 2. The van der Waals surface area contributed by atoms with E-state index in [0.29, 0.717) is 26.7 Å². The number of ketones is 1. The molecule has 1 unspecified atom stereocenters. The minimum Gasteiger partial charge on any atom is -0.550 e. The number of carbonyl (C=O) groups is 4. The maximum Gasteiger partial charge on any atom is 1.00 e. The first-order valence-electron chi connectivity index (χ1n) is 9.92. The van der Waals surface area contributed by atoms with Gasteiger partial charge in [0, 0.05) is 43.4 Å². The molecule has 1 aliphatic heterocycles. The summed E-state index contributed by atoms with van der Waals surface area (Å²) in [6.45, 7) is 1.32. The van der Waals surface area contributed by atoms with Gasteiger partial charge in [0.05, 0.1) is 10.0 Å². The normalized spacial score (nSPS) is 15.4. The Bertz CT molecular complexity index is 1170. The molecule has 1 atom stereocenters. The molecule has 0 aliphatic carbocycles. The molecule has 0 saturated heterocycles. The largest absolute Gasteiger partial charge is 1.00 e. The van der Waals surface area contributed by atoms with E-state index in [1.54, 1.807) is 49.4 Å². The van der Waals surface area contributed by atoms with Crippen molar-refractivity contribution in [3.05, 3.63) is 64.3 Å². The van der Waals surface area contributed by atoms with E-state index in [9.17, 15) is 24.3 Å². The fourth-order valence-electron chi connectivity index (χ4n) is 3.42. The molecular formula is C23H20Cl2N3NaO5. The van der Waals surface area contributed by atoms with E-state index < -0.39 is 36.2 Å². The molecule has 0 aromatic heterocycles. The SMILES string of the molecule is CC1=CN(C)C(=O)C(N(C(=O)NCCC(=O)[O-])c2cccc(-c3ccc(Cl)c(Cl)c3)c2)C1=O.[Na+]. The number of hydrogen-bond donors (Lipinski definition) is 1. The summed E-state index contributed by atoms with van der Waals surface area (Å²) in [5.41, 5.74) is 1.93. The first kappa shape index (κ1) is 27.9. The van der Waals surface area contributed by atoms with Crippen LogP contribution < -0.4 is 44.9 Å². The average molecular weight is 512 g/mol. The molecule has 172 valence electrons. The second kappa shape index (κ2) is 11.9. The van der Waals surface area contributed by atoms with Crippen molar-refractivity contribution in [2.24, 2.45) is 0 Å². The van der Waals surface area contributed by atoms with Gasteiger partial charge in [-0.25, -0.2) is 4.79 Å². The summed E-state index contributed by atoms with van der Waals surface area (Å²) in [5, 5.41) is 13.9. The van der Waals surface area contributed by atoms with Gasteiger partial charge in [0.2, 0.25) is 0 Å². The van der Waals surface area contributed by atoms with Crippen LogP contribution in [-0.2, 0) is 14.4 Å². The van der Waals surface area contributed by atoms with Gasteiger partial charge in [-0.3, -0.25) is 14.5 Å². The fourth-order valence-corrected chi connectivity index (χ4v) is 3.72. The molecule has 2 aromatic rings. The van der Waals surface area contributed by atoms with Gasteiger partial charge in [-0.1, -0.05) is 41.4 Å². The molecule has 8 nitrogen and oxygen atoms in total. The second-order valence-corrected chi connectivity index (χ2v) is 8.25. The molecular weight excluding hydrogens is 492 g/mol. The predicted molar refractivity (Wildman–Crippen MR) is 123 cm³/mol. The summed E-state index contributed by atoms with van der Waals surface area (Å²) in [5.74, 6) is -2.47. The second-order valence-electron chi connectivity index (χ2n) is 7.43. The number of likely N-dealkylation sites (N-methyl/N-ethyl adjacent to an activating group) is 1. The number of aliphatic carboxylic acids is 1. The van der Waals surface area contributed by atoms with E-state index in [0.717, 1.165) is 4.90 Å². The summed E-state index contributed by atoms with van der Waals surface area (Å²) in [6, 6.07) is 9.44. The van der Waals surface area contributed by atoms with Crippen molar-refractivity contribution in [1.29, 1.82) is 0 Å². The molecule has 2 aromatic carbocycles. The van der Waals surface area contributed by atoms with Crippen LogP contribution in [0.2, 0.25) is 10.0 Å². The van der Waals surface area contributed by atoms with E-state index >= 15 is 0 Å². The zero-order chi connectivity index (χ0) is 24.3. The molecule has 34 heavy (non-hydrogen) atoms. The Morgan fingerprint density at radius 1 is 1.09 bits per heavy atom. The van der Waals surface area contributed by atoms with Crippen molar-refractivity contribution < 1.29 is 53.8 Å². The Labute approximate surface area is 228 Å². The molecule has 0 bridgehead atoms. The average Bonchev–Trinajstić information content (AvgIpc) is 2.77. The number of benzene rings is 2. The first-order chi connectivity index (χ1) is 15.6. The van der Waals surface area contributed by atoms with Crippen LogP contribution in [0.5, 0.6) is 0 Å². The molecule has 0 spiro atoms. The minimum atomic E-state index is -1.45. The number of carboxylic acids is 1. The Morgan fingerprint density at radius 2 is 1.76 bits per heavy atom. The van der Waals surface area contributed by atoms with Crippen molar-refractivity contribution in [2.75, 3.05) is 18.5 Å². The third kappa shape index (κ3) is 6.20. The summed E-state index contributed by atoms with van der Waals surface area (Å²) in [6.07, 6.45) is 0.980. The van der Waals surface area contributed by atoms with Gasteiger partial charge in [-0.05, 0) is 42.3 Å². The number of carbonyl (C=O) groups excluding carboxylic acids is 4. The molecule has 11 heteroatoms. The van der Waals surface area contributed by atoms with Crippen LogP contribution in [0.1, 0.15) is 13.3 Å². The molecule has 1 N–H and O–H groups in total. The number of nitrogens with zero attached hydrogens (tertiary/aromatic N) is 2. The van der Waals surface area contributed by atoms with Crippen molar-refractivity contribution in [1.82, 2.24) is 10.2 Å². The van der Waals surface area contributed by atoms with Gasteiger partial charge in [-0.2, -0.15) is 0 Å². The quantitative estimate of drug-likeness (QED) is 0.420. The molecule has 0 saturated carbocycles. The van der Waals surface area contributed by atoms with E-state index in [1.165, 1.54) is 18.1 Å². The molecule has 0 radical (unpaired) electrons. The Balaban J connectivity index is 0.00000408. The summed E-state index contributed by atoms with van der Waals surface area (Å²) in [4.78, 5) is 52.0. The Morgan fingerprint density at radius 3 is 2.41 bits per heavy atom. The van der Waals surface area contributed by atoms with Crippen LogP contribution in [0, 0.1) is 0 Å². The van der Waals surface area contributed by atoms with Crippen LogP contribution in [-0.4, -0.2) is 48.2 Å². The maximum absolute atomic E-state index is 13.1. The molecule has 3 rings (SSSR count). The topological polar surface area (TPSA) is 110 Å². The number of rotatable bonds is 6. The summed E-state index contributed by atoms with van der Waals surface area (Å²) < 4.78 is 0. The molecule has 1 heterocycles. The summed E-state index contributed by atoms with van der Waals surface area (Å²) in [7, 11) is 1.49. The standard InChI is InChI=1S/C23H21Cl2N3O5.Na/c1-13-12-27(2)22(32)20(21(13)31)28(23(33)26-9-8-19(29)30)16-5-3-4-14(10-16)15-6-7-17(24)18(25)11-15;/h3-7,10-12,20H,8-9H2,1-2H3,(H,26,33)(H,29,30);/q;+1/p-1. The molecule has 1 aliphatic rings. The Kier molecular flexibility index (Phi) is 9.73. The smallest absolute Gasteiger partial charge is 0.550 e. The number of hydrogen-bond acceptors (Lipinski definition) is 5. The van der Waals surface area contributed by atoms with Crippen LogP contribution in [0.25, 0.3) is 11.1 Å². The van der Waals surface area contributed by atoms with Crippen molar-refractivity contribution >= 4 is 52.6 Å². The fraction of sp³-hybridized carbons (Fsp3) is 0.217. The van der Waals surface area contributed by atoms with Gasteiger partial charge >= 0.3 is 35.6 Å². The number of carboxylic acid groups (broad SMARTS) is 1. The number of Topliss-reactive ketones (excluding diaryl/α,β-unsaturated/α-hetero) is 1. The Hall–Kier alpha value is -2.36. The molecule has 3 amide bonds. The third-order valence-electron chi connectivity index (χ3n) is 5.07. The van der Waals surface area contributed by atoms with Crippen LogP contribution in [0.15, 0.2) is 54.2 Å². The van der Waals surface area contributed by atoms with Crippen LogP contribution in [0.4, 0.5) is 10.5 Å². The van der Waals surface area contributed by atoms with E-state index in [4.69, 9.17) is 23.2 Å². The van der Waals surface area contributed by atoms with Gasteiger partial charge in [0.25, 0.3) is 5.91 Å². The number of amides is 3. The zero-order valence-corrected chi connectivity index (χ0v) is 22.3. The van der Waals surface area contributed by atoms with Crippen molar-refractivity contribution in [3.63, 3.8) is 0 Å². The van der Waals surface area contributed by atoms with Crippen LogP contribution in [0.3, 0.4) is 0 Å². The summed E-state index contributed by atoms with van der Waals surface area (Å²) >= 11 is 12.1. The van der Waals surface area contributed by atoms with Gasteiger partial charge in [-0.15, -0.1) is 0 Å². The van der Waals surface area contributed by atoms with E-state index in [2.05, 4.69) is 5.32 Å². The third-order valence-corrected chi connectivity index (χ3v) is 5.80. The van der Waals surface area contributed by atoms with Crippen LogP contribution >= 0.6 is 23.2 Å². The number of anilines is 1. The van der Waals surface area contributed by atoms with Gasteiger partial charge in [0.15, 0.2) is 11.8 Å². The van der Waals surface area contributed by atoms with E-state index in [1.807, 2.05) is 0 Å². The van der Waals surface area contributed by atoms with E-state index in [-0.39, 0.29) is 41.8 Å².